The molecule has 1 N–H and O–H groups in total. The zero-order valence-electron chi connectivity index (χ0n) is 13.3. The second-order valence-electron chi connectivity index (χ2n) is 6.60. The van der Waals surface area contributed by atoms with Crippen molar-refractivity contribution in [2.24, 2.45) is 0 Å². The number of carbonyl (C=O) groups is 1. The predicted molar refractivity (Wildman–Crippen MR) is 91.0 cm³/mol. The summed E-state index contributed by atoms with van der Waals surface area (Å²) >= 11 is 3.15. The second kappa shape index (κ2) is 6.45. The maximum Gasteiger partial charge on any atom is 0.412 e. The van der Waals surface area contributed by atoms with E-state index >= 15 is 0 Å². The van der Waals surface area contributed by atoms with Crippen LogP contribution in [0.1, 0.15) is 27.2 Å². The molecule has 1 aromatic rings. The summed E-state index contributed by atoms with van der Waals surface area (Å²) in [4.78, 5) is 25.7. The van der Waals surface area contributed by atoms with Crippen LogP contribution in [0.25, 0.3) is 0 Å². The third-order valence-electron chi connectivity index (χ3n) is 4.09. The Balaban J connectivity index is 2.28. The summed E-state index contributed by atoms with van der Waals surface area (Å²) in [5.41, 5.74) is 0.340. The molecule has 0 saturated carbocycles. The quantitative estimate of drug-likeness (QED) is 0.632. The summed E-state index contributed by atoms with van der Waals surface area (Å²) in [5, 5.41) is 20.5. The lowest BCUT2D eigenvalue weighted by Gasteiger charge is -2.33. The molecule has 0 aliphatic carbocycles. The lowest BCUT2D eigenvalue weighted by molar-refractivity contribution is -0.385. The summed E-state index contributed by atoms with van der Waals surface area (Å²) in [5.74, 6) is 0. The summed E-state index contributed by atoms with van der Waals surface area (Å²) in [6.07, 6.45) is -0.315. The van der Waals surface area contributed by atoms with Crippen LogP contribution < -0.4 is 4.90 Å². The number of likely N-dealkylation sites (tertiary alicyclic amines) is 1. The van der Waals surface area contributed by atoms with E-state index in [0.717, 1.165) is 13.0 Å². The van der Waals surface area contributed by atoms with Crippen molar-refractivity contribution in [3.63, 3.8) is 0 Å². The van der Waals surface area contributed by atoms with Gasteiger partial charge in [-0.15, -0.1) is 0 Å². The first-order valence-corrected chi connectivity index (χ1v) is 8.11. The van der Waals surface area contributed by atoms with Gasteiger partial charge in [-0.3, -0.25) is 19.9 Å². The van der Waals surface area contributed by atoms with E-state index < -0.39 is 11.0 Å². The lowest BCUT2D eigenvalue weighted by atomic mass is 10.1. The van der Waals surface area contributed by atoms with Crippen LogP contribution >= 0.6 is 15.9 Å². The zero-order valence-corrected chi connectivity index (χ0v) is 14.9. The van der Waals surface area contributed by atoms with Crippen LogP contribution in [0.2, 0.25) is 0 Å². The van der Waals surface area contributed by atoms with E-state index in [1.807, 2.05) is 0 Å². The zero-order chi connectivity index (χ0) is 17.4. The number of carboxylic acid groups (broad SMARTS) is 1. The standard InChI is InChI=1S/C15H20BrN3O4/c1-15(2,3)17-7-6-11(9-17)18(14(20)21)10-4-5-13(19(22)23)12(16)8-10/h4-5,8,11H,6-7,9H2,1-3H3,(H,20,21)/t11-/m0/s1. The molecule has 1 heterocycles. The van der Waals surface area contributed by atoms with E-state index in [4.69, 9.17) is 0 Å². The minimum atomic E-state index is -1.05. The summed E-state index contributed by atoms with van der Waals surface area (Å²) in [7, 11) is 0. The molecule has 1 fully saturated rings. The first-order valence-electron chi connectivity index (χ1n) is 7.32. The Morgan fingerprint density at radius 1 is 1.48 bits per heavy atom. The van der Waals surface area contributed by atoms with Crippen LogP contribution in [0.3, 0.4) is 0 Å². The van der Waals surface area contributed by atoms with Crippen LogP contribution in [0, 0.1) is 10.1 Å². The Bertz CT molecular complexity index is 630. The van der Waals surface area contributed by atoms with Gasteiger partial charge >= 0.3 is 6.09 Å². The maximum atomic E-state index is 11.7. The van der Waals surface area contributed by atoms with Crippen molar-refractivity contribution in [2.45, 2.75) is 38.8 Å². The van der Waals surface area contributed by atoms with Gasteiger partial charge in [-0.1, -0.05) is 0 Å². The molecule has 1 aliphatic heterocycles. The highest BCUT2D eigenvalue weighted by Gasteiger charge is 2.36. The number of rotatable bonds is 3. The third kappa shape index (κ3) is 3.81. The number of amides is 1. The number of nitro benzene ring substituents is 1. The van der Waals surface area contributed by atoms with Crippen LogP contribution in [-0.2, 0) is 0 Å². The first kappa shape index (κ1) is 17.7. The molecule has 23 heavy (non-hydrogen) atoms. The van der Waals surface area contributed by atoms with Crippen molar-refractivity contribution in [1.82, 2.24) is 4.90 Å². The summed E-state index contributed by atoms with van der Waals surface area (Å²) in [6, 6.07) is 4.13. The molecule has 2 rings (SSSR count). The van der Waals surface area contributed by atoms with Gasteiger partial charge in [0.1, 0.15) is 0 Å². The van der Waals surface area contributed by atoms with Crippen LogP contribution in [0.5, 0.6) is 0 Å². The maximum absolute atomic E-state index is 11.7. The number of halogens is 1. The van der Waals surface area contributed by atoms with Crippen molar-refractivity contribution in [1.29, 1.82) is 0 Å². The van der Waals surface area contributed by atoms with Gasteiger partial charge in [-0.2, -0.15) is 0 Å². The predicted octanol–water partition coefficient (Wildman–Crippen LogP) is 3.71. The van der Waals surface area contributed by atoms with Gasteiger partial charge < -0.3 is 5.11 Å². The Kier molecular flexibility index (Phi) is 4.95. The molecule has 1 atom stereocenters. The molecule has 0 radical (unpaired) electrons. The van der Waals surface area contributed by atoms with Gasteiger partial charge in [0, 0.05) is 30.4 Å². The molecule has 1 aromatic carbocycles. The molecule has 0 aromatic heterocycles. The summed E-state index contributed by atoms with van der Waals surface area (Å²) < 4.78 is 0.275. The van der Waals surface area contributed by atoms with Crippen LogP contribution in [0.15, 0.2) is 22.7 Å². The van der Waals surface area contributed by atoms with E-state index in [0.29, 0.717) is 12.2 Å². The first-order chi connectivity index (χ1) is 10.6. The summed E-state index contributed by atoms with van der Waals surface area (Å²) in [6.45, 7) is 7.77. The van der Waals surface area contributed by atoms with E-state index in [-0.39, 0.29) is 21.7 Å². The van der Waals surface area contributed by atoms with E-state index in [1.165, 1.54) is 23.1 Å². The molecular weight excluding hydrogens is 366 g/mol. The topological polar surface area (TPSA) is 86.9 Å². The number of hydrogen-bond donors (Lipinski definition) is 1. The number of anilines is 1. The lowest BCUT2D eigenvalue weighted by Crippen LogP contribution is -2.45. The number of benzene rings is 1. The SMILES string of the molecule is CC(C)(C)N1CC[C@H](N(C(=O)O)c2ccc([N+](=O)[O-])c(Br)c2)C1. The highest BCUT2D eigenvalue weighted by Crippen LogP contribution is 2.32. The van der Waals surface area contributed by atoms with Crippen molar-refractivity contribution in [3.05, 3.63) is 32.8 Å². The van der Waals surface area contributed by atoms with Gasteiger partial charge in [-0.25, -0.2) is 4.79 Å². The van der Waals surface area contributed by atoms with Gasteiger partial charge in [0.25, 0.3) is 5.69 Å². The van der Waals surface area contributed by atoms with Gasteiger partial charge in [0.15, 0.2) is 0 Å². The number of nitro groups is 1. The number of hydrogen-bond acceptors (Lipinski definition) is 4. The molecule has 0 spiro atoms. The minimum absolute atomic E-state index is 0.0189. The second-order valence-corrected chi connectivity index (χ2v) is 7.46. The average Bonchev–Trinajstić information content (AvgIpc) is 2.87. The van der Waals surface area contributed by atoms with Gasteiger partial charge in [0.2, 0.25) is 0 Å². The van der Waals surface area contributed by atoms with Crippen molar-refractivity contribution < 1.29 is 14.8 Å². The molecule has 126 valence electrons. The fourth-order valence-corrected chi connectivity index (χ4v) is 3.34. The fraction of sp³-hybridized carbons (Fsp3) is 0.533. The average molecular weight is 386 g/mol. The van der Waals surface area contributed by atoms with E-state index in [1.54, 1.807) is 0 Å². The molecule has 0 unspecified atom stereocenters. The van der Waals surface area contributed by atoms with Gasteiger partial charge in [-0.05, 0) is 55.3 Å². The fourth-order valence-electron chi connectivity index (χ4n) is 2.83. The highest BCUT2D eigenvalue weighted by atomic mass is 79.9. The van der Waals surface area contributed by atoms with E-state index in [9.17, 15) is 20.0 Å². The monoisotopic (exact) mass is 385 g/mol. The Labute approximate surface area is 143 Å². The van der Waals surface area contributed by atoms with Crippen LogP contribution in [0.4, 0.5) is 16.2 Å². The largest absolute Gasteiger partial charge is 0.465 e. The molecule has 1 amide bonds. The van der Waals surface area contributed by atoms with Crippen molar-refractivity contribution >= 4 is 33.4 Å². The Hall–Kier alpha value is -1.67. The van der Waals surface area contributed by atoms with E-state index in [2.05, 4.69) is 41.6 Å². The smallest absolute Gasteiger partial charge is 0.412 e. The molecule has 1 aliphatic rings. The third-order valence-corrected chi connectivity index (χ3v) is 4.72. The Morgan fingerprint density at radius 2 is 2.13 bits per heavy atom. The normalized spacial score (nSPS) is 18.9. The molecule has 7 nitrogen and oxygen atoms in total. The van der Waals surface area contributed by atoms with Crippen LogP contribution in [-0.4, -0.2) is 45.7 Å². The molecular formula is C15H20BrN3O4. The molecule has 0 bridgehead atoms. The Morgan fingerprint density at radius 3 is 2.57 bits per heavy atom. The number of nitrogens with zero attached hydrogens (tertiary/aromatic N) is 3. The minimum Gasteiger partial charge on any atom is -0.465 e. The van der Waals surface area contributed by atoms with Crippen molar-refractivity contribution in [3.8, 4) is 0 Å². The highest BCUT2D eigenvalue weighted by molar-refractivity contribution is 9.10. The van der Waals surface area contributed by atoms with Gasteiger partial charge in [0.05, 0.1) is 15.4 Å². The molecule has 8 heteroatoms. The molecule has 1 saturated heterocycles. The van der Waals surface area contributed by atoms with Crippen molar-refractivity contribution in [2.75, 3.05) is 18.0 Å².